The van der Waals surface area contributed by atoms with Crippen LogP contribution in [0, 0.1) is 0 Å². The van der Waals surface area contributed by atoms with E-state index < -0.39 is 22.0 Å². The number of hydrogen-bond acceptors (Lipinski definition) is 5. The summed E-state index contributed by atoms with van der Waals surface area (Å²) in [5.74, 6) is -0.693. The summed E-state index contributed by atoms with van der Waals surface area (Å²) in [4.78, 5) is 12.0. The Labute approximate surface area is 209 Å². The minimum absolute atomic E-state index is 0.0698. The van der Waals surface area contributed by atoms with Gasteiger partial charge in [-0.15, -0.1) is 0 Å². The van der Waals surface area contributed by atoms with Crippen molar-refractivity contribution in [1.29, 1.82) is 0 Å². The van der Waals surface area contributed by atoms with Gasteiger partial charge in [0, 0.05) is 19.4 Å². The predicted octanol–water partition coefficient (Wildman–Crippen LogP) is 4.51. The molecule has 0 heterocycles. The van der Waals surface area contributed by atoms with E-state index >= 15 is 0 Å². The van der Waals surface area contributed by atoms with Crippen molar-refractivity contribution in [3.8, 4) is 0 Å². The molecule has 0 aromatic heterocycles. The van der Waals surface area contributed by atoms with E-state index in [2.05, 4.69) is 24.4 Å². The van der Waals surface area contributed by atoms with E-state index in [0.29, 0.717) is 24.0 Å². The molecule has 1 amide bonds. The summed E-state index contributed by atoms with van der Waals surface area (Å²) >= 11 is 0. The van der Waals surface area contributed by atoms with Gasteiger partial charge in [0.1, 0.15) is 12.6 Å². The molecule has 0 aliphatic rings. The summed E-state index contributed by atoms with van der Waals surface area (Å²) in [6.45, 7) is 3.66. The number of unbranched alkanes of at least 4 members (excludes halogenated alkanes) is 11. The average Bonchev–Trinajstić information content (AvgIpc) is 2.72. The zero-order valence-corrected chi connectivity index (χ0v) is 22.9. The first-order valence-corrected chi connectivity index (χ1v) is 15.0. The first-order chi connectivity index (χ1) is 16.1. The van der Waals surface area contributed by atoms with E-state index in [4.69, 9.17) is 0 Å². The summed E-state index contributed by atoms with van der Waals surface area (Å²) in [6.07, 6.45) is 20.9. The van der Waals surface area contributed by atoms with Crippen LogP contribution in [0.25, 0.3) is 0 Å². The Hall–Kier alpha value is -0.960. The molecule has 0 rings (SSSR count). The molecule has 0 bridgehead atoms. The third kappa shape index (κ3) is 24.2. The van der Waals surface area contributed by atoms with Crippen molar-refractivity contribution in [1.82, 2.24) is 5.32 Å². The molecule has 0 aliphatic heterocycles. The van der Waals surface area contributed by atoms with E-state index in [9.17, 15) is 22.9 Å². The lowest BCUT2D eigenvalue weighted by Gasteiger charge is -2.32. The molecule has 1 atom stereocenters. The molecule has 34 heavy (non-hydrogen) atoms. The fraction of sp³-hybridized carbons (Fsp3) is 0.885. The first kappa shape index (κ1) is 33.0. The van der Waals surface area contributed by atoms with Gasteiger partial charge in [-0.25, -0.2) is 8.42 Å². The lowest BCUT2D eigenvalue weighted by atomic mass is 10.1. The lowest BCUT2D eigenvalue weighted by molar-refractivity contribution is -0.893. The third-order valence-electron chi connectivity index (χ3n) is 6.03. The first-order valence-electron chi connectivity index (χ1n) is 13.4. The van der Waals surface area contributed by atoms with E-state index in [1.54, 1.807) is 0 Å². The molecule has 0 aliphatic carbocycles. The zero-order valence-electron chi connectivity index (χ0n) is 22.1. The summed E-state index contributed by atoms with van der Waals surface area (Å²) < 4.78 is 32.6. The second-order valence-corrected chi connectivity index (χ2v) is 11.7. The molecule has 2 N–H and O–H groups in total. The molecule has 0 aromatic rings. The Morgan fingerprint density at radius 1 is 0.912 bits per heavy atom. The molecule has 202 valence electrons. The Morgan fingerprint density at radius 3 is 2.00 bits per heavy atom. The van der Waals surface area contributed by atoms with Gasteiger partial charge in [0.2, 0.25) is 5.91 Å². The van der Waals surface area contributed by atoms with Crippen molar-refractivity contribution in [2.45, 2.75) is 109 Å². The van der Waals surface area contributed by atoms with Crippen LogP contribution in [0.1, 0.15) is 103 Å². The number of hydrogen-bond donors (Lipinski definition) is 2. The van der Waals surface area contributed by atoms with Crippen LogP contribution in [0.5, 0.6) is 0 Å². The number of nitrogens with one attached hydrogen (secondary N) is 1. The predicted molar refractivity (Wildman–Crippen MR) is 139 cm³/mol. The van der Waals surface area contributed by atoms with E-state index in [1.807, 2.05) is 14.1 Å². The smallest absolute Gasteiger partial charge is 0.219 e. The topological polar surface area (TPSA) is 107 Å². The number of carbonyl (C=O) groups is 1. The van der Waals surface area contributed by atoms with Gasteiger partial charge in [-0.1, -0.05) is 70.4 Å². The van der Waals surface area contributed by atoms with Crippen LogP contribution in [0.2, 0.25) is 0 Å². The molecule has 0 radical (unpaired) electrons. The molecule has 0 fully saturated rings. The fourth-order valence-corrected chi connectivity index (χ4v) is 4.71. The normalized spacial score (nSPS) is 13.4. The van der Waals surface area contributed by atoms with Crippen molar-refractivity contribution in [2.75, 3.05) is 39.5 Å². The van der Waals surface area contributed by atoms with Gasteiger partial charge < -0.3 is 19.5 Å². The van der Waals surface area contributed by atoms with E-state index in [0.717, 1.165) is 25.7 Å². The Morgan fingerprint density at radius 2 is 1.44 bits per heavy atom. The van der Waals surface area contributed by atoms with Gasteiger partial charge in [0.15, 0.2) is 0 Å². The maximum absolute atomic E-state index is 12.0. The number of allylic oxidation sites excluding steroid dienone is 2. The fourth-order valence-electron chi connectivity index (χ4n) is 4.13. The summed E-state index contributed by atoms with van der Waals surface area (Å²) in [5.41, 5.74) is 0. The Bertz CT molecular complexity index is 635. The second-order valence-electron chi connectivity index (χ2n) is 10.3. The average molecular weight is 505 g/mol. The highest BCUT2D eigenvalue weighted by molar-refractivity contribution is 7.85. The van der Waals surface area contributed by atoms with Crippen LogP contribution in [0.3, 0.4) is 0 Å². The Balaban J connectivity index is 3.57. The van der Waals surface area contributed by atoms with Crippen LogP contribution in [-0.4, -0.2) is 74.1 Å². The number of quaternary nitrogens is 1. The van der Waals surface area contributed by atoms with Gasteiger partial charge >= 0.3 is 0 Å². The van der Waals surface area contributed by atoms with Gasteiger partial charge in [-0.05, 0) is 32.1 Å². The summed E-state index contributed by atoms with van der Waals surface area (Å²) in [6, 6.07) is 0. The van der Waals surface area contributed by atoms with Gasteiger partial charge in [0.25, 0.3) is 0 Å². The molecule has 1 unspecified atom stereocenters. The van der Waals surface area contributed by atoms with Crippen molar-refractivity contribution in [2.24, 2.45) is 0 Å². The molecule has 8 heteroatoms. The van der Waals surface area contributed by atoms with Crippen LogP contribution in [-0.2, 0) is 14.9 Å². The number of likely N-dealkylation sites (N-methyl/N-ethyl adjacent to an activating group) is 1. The number of rotatable bonds is 23. The molecule has 7 nitrogen and oxygen atoms in total. The molecule has 0 aromatic carbocycles. The number of nitrogens with zero attached hydrogens (tertiary/aromatic N) is 1. The number of aliphatic hydroxyl groups excluding tert-OH is 1. The SMILES string of the molecule is CCCCCCCCC=CCCCCCCCC(=O)NCCC[N+](C)(C)CC(O)CS(=O)(=O)[O-]. The quantitative estimate of drug-likeness (QED) is 0.0921. The molecule has 0 spiro atoms. The number of carbonyl (C=O) groups excluding carboxylic acids is 1. The van der Waals surface area contributed by atoms with Crippen molar-refractivity contribution in [3.05, 3.63) is 12.2 Å². The summed E-state index contributed by atoms with van der Waals surface area (Å²) in [7, 11) is -0.690. The molecule has 0 saturated carbocycles. The van der Waals surface area contributed by atoms with Gasteiger partial charge in [0.05, 0.1) is 36.5 Å². The second kappa shape index (κ2) is 20.3. The number of amides is 1. The number of aliphatic hydroxyl groups is 1. The minimum Gasteiger partial charge on any atom is -0.748 e. The summed E-state index contributed by atoms with van der Waals surface area (Å²) in [5, 5.41) is 12.7. The monoisotopic (exact) mass is 504 g/mol. The van der Waals surface area contributed by atoms with E-state index in [1.165, 1.54) is 64.2 Å². The zero-order chi connectivity index (χ0) is 25.7. The van der Waals surface area contributed by atoms with Crippen molar-refractivity contribution < 1.29 is 27.4 Å². The maximum atomic E-state index is 12.0. The van der Waals surface area contributed by atoms with Crippen LogP contribution in [0.4, 0.5) is 0 Å². The molecular formula is C26H52N2O5S. The van der Waals surface area contributed by atoms with Crippen molar-refractivity contribution >= 4 is 16.0 Å². The highest BCUT2D eigenvalue weighted by atomic mass is 32.2. The van der Waals surface area contributed by atoms with Crippen LogP contribution >= 0.6 is 0 Å². The van der Waals surface area contributed by atoms with Crippen LogP contribution < -0.4 is 5.32 Å². The van der Waals surface area contributed by atoms with E-state index in [-0.39, 0.29) is 12.5 Å². The minimum atomic E-state index is -4.43. The van der Waals surface area contributed by atoms with Crippen LogP contribution in [0.15, 0.2) is 12.2 Å². The lowest BCUT2D eigenvalue weighted by Crippen LogP contribution is -2.48. The Kier molecular flexibility index (Phi) is 19.7. The maximum Gasteiger partial charge on any atom is 0.219 e. The van der Waals surface area contributed by atoms with Gasteiger partial charge in [-0.3, -0.25) is 4.79 Å². The van der Waals surface area contributed by atoms with Crippen molar-refractivity contribution in [3.63, 3.8) is 0 Å². The highest BCUT2D eigenvalue weighted by Crippen LogP contribution is 2.10. The van der Waals surface area contributed by atoms with Gasteiger partial charge in [-0.2, -0.15) is 0 Å². The standard InChI is InChI=1S/C26H52N2O5S/c1-4-5-6-7-8-9-10-11-12-13-14-15-16-17-18-20-26(30)27-21-19-22-28(2,3)23-25(29)24-34(31,32)33/h11-12,25,29H,4-10,13-24H2,1-3H3,(H-,27,30,31,32,33). The molecule has 0 saturated heterocycles. The highest BCUT2D eigenvalue weighted by Gasteiger charge is 2.21. The molecular weight excluding hydrogens is 452 g/mol. The third-order valence-corrected chi connectivity index (χ3v) is 6.82. The largest absolute Gasteiger partial charge is 0.748 e.